The van der Waals surface area contributed by atoms with Gasteiger partial charge in [-0.2, -0.15) is 0 Å². The molecule has 1 aliphatic rings. The van der Waals surface area contributed by atoms with Crippen LogP contribution in [-0.4, -0.2) is 33.2 Å². The van der Waals surface area contributed by atoms with Crippen molar-refractivity contribution in [2.45, 2.75) is 31.1 Å². The number of hydrogen-bond acceptors (Lipinski definition) is 6. The fourth-order valence-corrected chi connectivity index (χ4v) is 5.85. The number of rotatable bonds is 5. The minimum atomic E-state index is -3.24. The second kappa shape index (κ2) is 6.33. The minimum Gasteiger partial charge on any atom is -0.332 e. The smallest absolute Gasteiger partial charge is 0.215 e. The van der Waals surface area contributed by atoms with E-state index in [0.29, 0.717) is 0 Å². The van der Waals surface area contributed by atoms with Gasteiger partial charge in [0.15, 0.2) is 0 Å². The zero-order valence-corrected chi connectivity index (χ0v) is 17.1. The molecule has 1 atom stereocenters. The second-order valence-corrected chi connectivity index (χ2v) is 10.2. The molecule has 1 aromatic carbocycles. The number of hydrogen-bond donors (Lipinski definition) is 1. The largest absolute Gasteiger partial charge is 0.332 e. The third-order valence-electron chi connectivity index (χ3n) is 5.04. The fourth-order valence-electron chi connectivity index (χ4n) is 3.36. The van der Waals surface area contributed by atoms with Gasteiger partial charge in [-0.05, 0) is 31.4 Å². The summed E-state index contributed by atoms with van der Waals surface area (Å²) in [6.07, 6.45) is 5.04. The first-order valence-corrected chi connectivity index (χ1v) is 11.5. The highest BCUT2D eigenvalue weighted by molar-refractivity contribution is 7.90. The summed E-state index contributed by atoms with van der Waals surface area (Å²) >= 11 is 1.52. The maximum atomic E-state index is 12.2. The summed E-state index contributed by atoms with van der Waals surface area (Å²) in [6.45, 7) is 1.87. The predicted octanol–water partition coefficient (Wildman–Crippen LogP) is 3.39. The molecule has 4 aromatic rings. The fraction of sp³-hybridized carbons (Fsp3) is 0.316. The average Bonchev–Trinajstić information content (AvgIpc) is 3.35. The molecule has 7 nitrogen and oxygen atoms in total. The van der Waals surface area contributed by atoms with Gasteiger partial charge in [0.1, 0.15) is 20.9 Å². The van der Waals surface area contributed by atoms with Gasteiger partial charge in [0.25, 0.3) is 0 Å². The van der Waals surface area contributed by atoms with Crippen molar-refractivity contribution in [1.82, 2.24) is 24.2 Å². The standard InChI is InChI=1S/C19H19N5O2S2/c1-11(23-28(25,26)14-6-7-14)12-4-3-5-13(8-12)18-22-16-17-15(21-10-24(17)2)9-20-19(16)27-18/h3-5,8-11,14,23H,6-7H2,1-2H3/t11-/m0/s1. The normalized spacial score (nSPS) is 16.1. The third-order valence-corrected chi connectivity index (χ3v) is 8.08. The molecule has 0 amide bonds. The Bertz CT molecular complexity index is 1300. The number of nitrogens with one attached hydrogen (secondary N) is 1. The molecular formula is C19H19N5O2S2. The van der Waals surface area contributed by atoms with Crippen molar-refractivity contribution in [3.05, 3.63) is 42.4 Å². The highest BCUT2D eigenvalue weighted by Gasteiger charge is 2.36. The van der Waals surface area contributed by atoms with Gasteiger partial charge in [0, 0.05) is 18.7 Å². The van der Waals surface area contributed by atoms with Crippen molar-refractivity contribution in [1.29, 1.82) is 0 Å². The molecule has 3 heterocycles. The Hall–Kier alpha value is -2.36. The van der Waals surface area contributed by atoms with Crippen LogP contribution in [0.4, 0.5) is 0 Å². The molecule has 1 saturated carbocycles. The molecule has 1 fully saturated rings. The van der Waals surface area contributed by atoms with E-state index >= 15 is 0 Å². The van der Waals surface area contributed by atoms with Gasteiger partial charge < -0.3 is 4.57 Å². The van der Waals surface area contributed by atoms with Crippen molar-refractivity contribution >= 4 is 42.7 Å². The topological polar surface area (TPSA) is 89.8 Å². The van der Waals surface area contributed by atoms with Gasteiger partial charge >= 0.3 is 0 Å². The van der Waals surface area contributed by atoms with Crippen LogP contribution in [0.1, 0.15) is 31.4 Å². The van der Waals surface area contributed by atoms with Crippen LogP contribution in [0.5, 0.6) is 0 Å². The van der Waals surface area contributed by atoms with Gasteiger partial charge in [-0.25, -0.2) is 28.1 Å². The van der Waals surface area contributed by atoms with E-state index in [-0.39, 0.29) is 11.3 Å². The molecule has 0 radical (unpaired) electrons. The molecule has 0 saturated heterocycles. The Kier molecular flexibility index (Phi) is 4.01. The van der Waals surface area contributed by atoms with Gasteiger partial charge in [-0.3, -0.25) is 0 Å². The average molecular weight is 414 g/mol. The summed E-state index contributed by atoms with van der Waals surface area (Å²) in [5, 5.41) is 0.630. The SMILES string of the molecule is C[C@H](NS(=O)(=O)C1CC1)c1cccc(-c2nc3c(ncc4ncn(C)c43)s2)c1. The summed E-state index contributed by atoms with van der Waals surface area (Å²) in [5.74, 6) is 0. The van der Waals surface area contributed by atoms with Crippen LogP contribution in [0, 0.1) is 0 Å². The molecule has 9 heteroatoms. The number of nitrogens with zero attached hydrogens (tertiary/aromatic N) is 4. The zero-order valence-electron chi connectivity index (χ0n) is 15.5. The Morgan fingerprint density at radius 3 is 2.89 bits per heavy atom. The van der Waals surface area contributed by atoms with Crippen LogP contribution in [0.2, 0.25) is 0 Å². The lowest BCUT2D eigenvalue weighted by molar-refractivity contribution is 0.565. The Balaban J connectivity index is 1.52. The van der Waals surface area contributed by atoms with Crippen LogP contribution in [0.25, 0.3) is 32.0 Å². The highest BCUT2D eigenvalue weighted by atomic mass is 32.2. The first-order chi connectivity index (χ1) is 13.4. The molecule has 0 aliphatic heterocycles. The number of pyridine rings is 1. The van der Waals surface area contributed by atoms with E-state index in [1.54, 1.807) is 12.5 Å². The summed E-state index contributed by atoms with van der Waals surface area (Å²) in [4.78, 5) is 14.5. The van der Waals surface area contributed by atoms with Gasteiger partial charge in [-0.1, -0.05) is 29.5 Å². The van der Waals surface area contributed by atoms with Crippen molar-refractivity contribution in [3.63, 3.8) is 0 Å². The predicted molar refractivity (Wildman–Crippen MR) is 111 cm³/mol. The molecule has 1 N–H and O–H groups in total. The van der Waals surface area contributed by atoms with Crippen molar-refractivity contribution in [3.8, 4) is 10.6 Å². The Labute approximate surface area is 166 Å². The number of imidazole rings is 1. The molecule has 0 bridgehead atoms. The highest BCUT2D eigenvalue weighted by Crippen LogP contribution is 2.34. The quantitative estimate of drug-likeness (QED) is 0.542. The first-order valence-electron chi connectivity index (χ1n) is 9.10. The van der Waals surface area contributed by atoms with Crippen LogP contribution >= 0.6 is 11.3 Å². The summed E-state index contributed by atoms with van der Waals surface area (Å²) in [6, 6.07) is 7.57. The number of sulfonamides is 1. The van der Waals surface area contributed by atoms with E-state index in [1.165, 1.54) is 11.3 Å². The number of aromatic nitrogens is 4. The third kappa shape index (κ3) is 2.99. The lowest BCUT2D eigenvalue weighted by atomic mass is 10.1. The van der Waals surface area contributed by atoms with E-state index in [2.05, 4.69) is 14.7 Å². The van der Waals surface area contributed by atoms with Crippen LogP contribution in [0.15, 0.2) is 36.8 Å². The molecule has 0 unspecified atom stereocenters. The van der Waals surface area contributed by atoms with Gasteiger partial charge in [0.2, 0.25) is 10.0 Å². The number of benzene rings is 1. The van der Waals surface area contributed by atoms with Crippen molar-refractivity contribution in [2.75, 3.05) is 0 Å². The first kappa shape index (κ1) is 17.7. The van der Waals surface area contributed by atoms with Crippen LogP contribution < -0.4 is 4.72 Å². The molecule has 144 valence electrons. The van der Waals surface area contributed by atoms with E-state index in [9.17, 15) is 8.42 Å². The summed E-state index contributed by atoms with van der Waals surface area (Å²) in [7, 11) is -1.29. The molecule has 28 heavy (non-hydrogen) atoms. The zero-order chi connectivity index (χ0) is 19.5. The van der Waals surface area contributed by atoms with Gasteiger partial charge in [0.05, 0.1) is 23.3 Å². The monoisotopic (exact) mass is 413 g/mol. The molecule has 5 rings (SSSR count). The molecular weight excluding hydrogens is 394 g/mol. The number of aryl methyl sites for hydroxylation is 1. The number of thiazole rings is 1. The Morgan fingerprint density at radius 1 is 1.29 bits per heavy atom. The van der Waals surface area contributed by atoms with Crippen molar-refractivity contribution in [2.24, 2.45) is 7.05 Å². The van der Waals surface area contributed by atoms with E-state index in [1.807, 2.05) is 42.8 Å². The van der Waals surface area contributed by atoms with E-state index < -0.39 is 10.0 Å². The maximum Gasteiger partial charge on any atom is 0.215 e. The maximum absolute atomic E-state index is 12.2. The van der Waals surface area contributed by atoms with Crippen molar-refractivity contribution < 1.29 is 8.42 Å². The second-order valence-electron chi connectivity index (χ2n) is 7.23. The van der Waals surface area contributed by atoms with Crippen LogP contribution in [0.3, 0.4) is 0 Å². The van der Waals surface area contributed by atoms with Crippen LogP contribution in [-0.2, 0) is 17.1 Å². The Morgan fingerprint density at radius 2 is 2.11 bits per heavy atom. The minimum absolute atomic E-state index is 0.227. The lowest BCUT2D eigenvalue weighted by Crippen LogP contribution is -2.29. The lowest BCUT2D eigenvalue weighted by Gasteiger charge is -2.15. The molecule has 1 aliphatic carbocycles. The molecule has 0 spiro atoms. The number of fused-ring (bicyclic) bond motifs is 3. The summed E-state index contributed by atoms with van der Waals surface area (Å²) < 4.78 is 29.2. The summed E-state index contributed by atoms with van der Waals surface area (Å²) in [5.41, 5.74) is 4.50. The van der Waals surface area contributed by atoms with E-state index in [0.717, 1.165) is 50.4 Å². The molecule has 3 aromatic heterocycles. The van der Waals surface area contributed by atoms with E-state index in [4.69, 9.17) is 4.98 Å². The van der Waals surface area contributed by atoms with Gasteiger partial charge in [-0.15, -0.1) is 0 Å².